The third-order valence-corrected chi connectivity index (χ3v) is 5.33. The number of hydrogen-bond donors (Lipinski definition) is 2. The predicted molar refractivity (Wildman–Crippen MR) is 119 cm³/mol. The van der Waals surface area contributed by atoms with E-state index in [1.165, 1.54) is 10.2 Å². The van der Waals surface area contributed by atoms with Crippen molar-refractivity contribution in [2.75, 3.05) is 5.32 Å². The van der Waals surface area contributed by atoms with Gasteiger partial charge in [-0.05, 0) is 36.1 Å². The molecule has 0 bridgehead atoms. The van der Waals surface area contributed by atoms with E-state index >= 15 is 0 Å². The van der Waals surface area contributed by atoms with Gasteiger partial charge in [-0.3, -0.25) is 14.3 Å². The van der Waals surface area contributed by atoms with Crippen molar-refractivity contribution < 1.29 is 9.59 Å². The molecule has 7 heteroatoms. The third-order valence-electron chi connectivity index (χ3n) is 4.89. The maximum absolute atomic E-state index is 13.1. The van der Waals surface area contributed by atoms with Gasteiger partial charge in [0, 0.05) is 12.7 Å². The van der Waals surface area contributed by atoms with Crippen LogP contribution in [0.4, 0.5) is 5.69 Å². The lowest BCUT2D eigenvalue weighted by atomic mass is 10.0. The minimum absolute atomic E-state index is 0.224. The van der Waals surface area contributed by atoms with Crippen LogP contribution in [0.15, 0.2) is 54.6 Å². The Morgan fingerprint density at radius 2 is 1.63 bits per heavy atom. The molecule has 0 aliphatic rings. The van der Waals surface area contributed by atoms with Gasteiger partial charge in [0.25, 0.3) is 11.8 Å². The molecule has 156 valence electrons. The fraction of sp³-hybridized carbons (Fsp3) is 0.261. The zero-order chi connectivity index (χ0) is 21.8. The number of halogens is 1. The van der Waals surface area contributed by atoms with Crippen LogP contribution < -0.4 is 10.6 Å². The molecular formula is C23H25ClN4O2. The quantitative estimate of drug-likeness (QED) is 0.606. The summed E-state index contributed by atoms with van der Waals surface area (Å²) in [7, 11) is 1.66. The van der Waals surface area contributed by atoms with Crippen LogP contribution in [0.25, 0.3) is 0 Å². The highest BCUT2D eigenvalue weighted by Crippen LogP contribution is 2.22. The number of nitrogens with zero attached hydrogens (tertiary/aromatic N) is 2. The van der Waals surface area contributed by atoms with Crippen molar-refractivity contribution in [1.29, 1.82) is 0 Å². The van der Waals surface area contributed by atoms with Crippen molar-refractivity contribution in [3.8, 4) is 0 Å². The Balaban J connectivity index is 1.85. The maximum atomic E-state index is 13.1. The number of carbonyl (C=O) groups excluding carboxylic acids is 2. The first-order valence-electron chi connectivity index (χ1n) is 9.73. The molecule has 0 aliphatic carbocycles. The lowest BCUT2D eigenvalue weighted by Crippen LogP contribution is -2.37. The molecule has 2 aromatic carbocycles. The highest BCUT2D eigenvalue weighted by Gasteiger charge is 2.27. The van der Waals surface area contributed by atoms with Crippen LogP contribution in [0, 0.1) is 6.92 Å². The maximum Gasteiger partial charge on any atom is 0.257 e. The largest absolute Gasteiger partial charge is 0.336 e. The second kappa shape index (κ2) is 9.13. The first kappa shape index (κ1) is 21.6. The average Bonchev–Trinajstić information content (AvgIpc) is 2.98. The summed E-state index contributed by atoms with van der Waals surface area (Å²) < 4.78 is 1.43. The Morgan fingerprint density at radius 3 is 2.17 bits per heavy atom. The van der Waals surface area contributed by atoms with Crippen molar-refractivity contribution >= 4 is 29.1 Å². The van der Waals surface area contributed by atoms with Crippen LogP contribution in [-0.2, 0) is 11.8 Å². The molecule has 1 unspecified atom stereocenters. The molecule has 1 heterocycles. The second-order valence-corrected chi connectivity index (χ2v) is 7.82. The van der Waals surface area contributed by atoms with E-state index < -0.39 is 11.9 Å². The zero-order valence-electron chi connectivity index (χ0n) is 17.4. The molecule has 2 N–H and O–H groups in total. The Morgan fingerprint density at radius 1 is 1.00 bits per heavy atom. The highest BCUT2D eigenvalue weighted by atomic mass is 35.5. The fourth-order valence-corrected chi connectivity index (χ4v) is 3.46. The number of benzene rings is 2. The average molecular weight is 425 g/mol. The summed E-state index contributed by atoms with van der Waals surface area (Å²) >= 11 is 6.23. The van der Waals surface area contributed by atoms with Crippen molar-refractivity contribution in [1.82, 2.24) is 15.1 Å². The van der Waals surface area contributed by atoms with Gasteiger partial charge in [-0.25, -0.2) is 0 Å². The molecule has 1 atom stereocenters. The topological polar surface area (TPSA) is 76.0 Å². The van der Waals surface area contributed by atoms with Crippen LogP contribution in [-0.4, -0.2) is 21.6 Å². The van der Waals surface area contributed by atoms with E-state index in [2.05, 4.69) is 29.6 Å². The van der Waals surface area contributed by atoms with Gasteiger partial charge in [0.2, 0.25) is 0 Å². The minimum Gasteiger partial charge on any atom is -0.336 e. The monoisotopic (exact) mass is 424 g/mol. The minimum atomic E-state index is -0.890. The van der Waals surface area contributed by atoms with Crippen LogP contribution in [0.5, 0.6) is 0 Å². The van der Waals surface area contributed by atoms with Crippen molar-refractivity contribution in [3.05, 3.63) is 82.1 Å². The SMILES string of the molecule is Cc1nn(C)c(Cl)c1C(=O)NC(C(=O)Nc1ccc(C(C)C)cc1)c1ccccc1. The number of anilines is 1. The molecule has 1 aromatic heterocycles. The molecule has 0 spiro atoms. The standard InChI is InChI=1S/C23H25ClN4O2/c1-14(2)16-10-12-18(13-11-16)25-23(30)20(17-8-6-5-7-9-17)26-22(29)19-15(3)27-28(4)21(19)24/h5-14,20H,1-4H3,(H,25,30)(H,26,29). The lowest BCUT2D eigenvalue weighted by molar-refractivity contribution is -0.118. The Labute approximate surface area is 181 Å². The van der Waals surface area contributed by atoms with Gasteiger partial charge in [0.1, 0.15) is 11.2 Å². The van der Waals surface area contributed by atoms with E-state index in [0.29, 0.717) is 22.9 Å². The predicted octanol–water partition coefficient (Wildman–Crippen LogP) is 4.62. The zero-order valence-corrected chi connectivity index (χ0v) is 18.2. The number of rotatable bonds is 6. The van der Waals surface area contributed by atoms with Crippen molar-refractivity contribution in [3.63, 3.8) is 0 Å². The summed E-state index contributed by atoms with van der Waals surface area (Å²) in [4.78, 5) is 26.0. The van der Waals surface area contributed by atoms with Gasteiger partial charge in [0.15, 0.2) is 0 Å². The van der Waals surface area contributed by atoms with Crippen LogP contribution in [0.3, 0.4) is 0 Å². The molecule has 0 aliphatic heterocycles. The summed E-state index contributed by atoms with van der Waals surface area (Å²) in [5.41, 5.74) is 3.27. The lowest BCUT2D eigenvalue weighted by Gasteiger charge is -2.19. The summed E-state index contributed by atoms with van der Waals surface area (Å²) in [5, 5.41) is 10.1. The summed E-state index contributed by atoms with van der Waals surface area (Å²) in [5.74, 6) is -0.396. The van der Waals surface area contributed by atoms with Gasteiger partial charge in [-0.15, -0.1) is 0 Å². The Hall–Kier alpha value is -3.12. The summed E-state index contributed by atoms with van der Waals surface area (Å²) in [6.45, 7) is 5.93. The van der Waals surface area contributed by atoms with Gasteiger partial charge in [0.05, 0.1) is 11.3 Å². The molecule has 0 radical (unpaired) electrons. The Bertz CT molecular complexity index is 1040. The van der Waals surface area contributed by atoms with Gasteiger partial charge < -0.3 is 10.6 Å². The molecule has 0 saturated carbocycles. The number of carbonyl (C=O) groups is 2. The number of aromatic nitrogens is 2. The summed E-state index contributed by atoms with van der Waals surface area (Å²) in [6.07, 6.45) is 0. The molecule has 0 fully saturated rings. The van der Waals surface area contributed by atoms with E-state index in [9.17, 15) is 9.59 Å². The third kappa shape index (κ3) is 4.71. The van der Waals surface area contributed by atoms with Crippen LogP contribution >= 0.6 is 11.6 Å². The number of amides is 2. The van der Waals surface area contributed by atoms with E-state index in [4.69, 9.17) is 11.6 Å². The molecule has 30 heavy (non-hydrogen) atoms. The second-order valence-electron chi connectivity index (χ2n) is 7.46. The molecular weight excluding hydrogens is 400 g/mol. The molecule has 3 aromatic rings. The fourth-order valence-electron chi connectivity index (χ4n) is 3.20. The van der Waals surface area contributed by atoms with E-state index in [1.54, 1.807) is 26.1 Å². The number of hydrogen-bond acceptors (Lipinski definition) is 3. The van der Waals surface area contributed by atoms with Crippen molar-refractivity contribution in [2.45, 2.75) is 32.7 Å². The van der Waals surface area contributed by atoms with Gasteiger partial charge in [-0.1, -0.05) is 67.9 Å². The molecule has 6 nitrogen and oxygen atoms in total. The summed E-state index contributed by atoms with van der Waals surface area (Å²) in [6, 6.07) is 15.9. The van der Waals surface area contributed by atoms with Crippen LogP contribution in [0.2, 0.25) is 5.15 Å². The van der Waals surface area contributed by atoms with Gasteiger partial charge >= 0.3 is 0 Å². The van der Waals surface area contributed by atoms with E-state index in [-0.39, 0.29) is 16.6 Å². The first-order chi connectivity index (χ1) is 14.3. The van der Waals surface area contributed by atoms with Gasteiger partial charge in [-0.2, -0.15) is 5.10 Å². The highest BCUT2D eigenvalue weighted by molar-refractivity contribution is 6.33. The molecule has 2 amide bonds. The van der Waals surface area contributed by atoms with E-state index in [1.807, 2.05) is 42.5 Å². The number of nitrogens with one attached hydrogen (secondary N) is 2. The smallest absolute Gasteiger partial charge is 0.257 e. The molecule has 3 rings (SSSR count). The number of aryl methyl sites for hydroxylation is 2. The Kier molecular flexibility index (Phi) is 6.57. The van der Waals surface area contributed by atoms with E-state index in [0.717, 1.165) is 0 Å². The van der Waals surface area contributed by atoms with Crippen molar-refractivity contribution in [2.24, 2.45) is 7.05 Å². The normalized spacial score (nSPS) is 11.9. The van der Waals surface area contributed by atoms with Crippen LogP contribution in [0.1, 0.15) is 53.0 Å². The molecule has 0 saturated heterocycles. The first-order valence-corrected chi connectivity index (χ1v) is 10.1.